The molecule has 0 saturated carbocycles. The molecule has 5 heteroatoms. The lowest BCUT2D eigenvalue weighted by atomic mass is 10.1. The van der Waals surface area contributed by atoms with E-state index in [9.17, 15) is 4.79 Å². The Bertz CT molecular complexity index is 586. The Morgan fingerprint density at radius 1 is 1.26 bits per heavy atom. The summed E-state index contributed by atoms with van der Waals surface area (Å²) in [6.45, 7) is 4.05. The topological polar surface area (TPSA) is 54.9 Å². The Morgan fingerprint density at radius 2 is 1.95 bits per heavy atom. The van der Waals surface area contributed by atoms with Gasteiger partial charge in [-0.05, 0) is 24.1 Å². The van der Waals surface area contributed by atoms with E-state index < -0.39 is 0 Å². The van der Waals surface area contributed by atoms with E-state index in [4.69, 9.17) is 11.6 Å². The Labute approximate surface area is 117 Å². The van der Waals surface area contributed by atoms with Gasteiger partial charge in [0.15, 0.2) is 0 Å². The average Bonchev–Trinajstić information content (AvgIpc) is 2.43. The molecular formula is C14H16ClN3O. The van der Waals surface area contributed by atoms with Crippen molar-refractivity contribution < 1.29 is 4.79 Å². The molecule has 0 aliphatic rings. The van der Waals surface area contributed by atoms with Crippen LogP contribution in [0.5, 0.6) is 0 Å². The summed E-state index contributed by atoms with van der Waals surface area (Å²) in [6.07, 6.45) is 3.24. The monoisotopic (exact) mass is 277 g/mol. The summed E-state index contributed by atoms with van der Waals surface area (Å²) in [5.41, 5.74) is 2.06. The Kier molecular flexibility index (Phi) is 4.32. The molecule has 1 N–H and O–H groups in total. The van der Waals surface area contributed by atoms with Gasteiger partial charge in [0.05, 0.1) is 11.0 Å². The lowest BCUT2D eigenvalue weighted by Gasteiger charge is -2.19. The predicted molar refractivity (Wildman–Crippen MR) is 76.4 cm³/mol. The number of amides is 1. The number of rotatable bonds is 4. The number of benzene rings is 1. The molecule has 0 saturated heterocycles. The van der Waals surface area contributed by atoms with E-state index >= 15 is 0 Å². The van der Waals surface area contributed by atoms with Gasteiger partial charge in [-0.1, -0.05) is 13.8 Å². The fourth-order valence-corrected chi connectivity index (χ4v) is 2.17. The number of fused-ring (bicyclic) bond motifs is 1. The first-order valence-corrected chi connectivity index (χ1v) is 6.73. The minimum Gasteiger partial charge on any atom is -0.348 e. The fourth-order valence-electron chi connectivity index (χ4n) is 1.74. The quantitative estimate of drug-likeness (QED) is 0.874. The van der Waals surface area contributed by atoms with Crippen molar-refractivity contribution in [3.05, 3.63) is 36.2 Å². The van der Waals surface area contributed by atoms with Crippen molar-refractivity contribution in [2.75, 3.05) is 5.88 Å². The van der Waals surface area contributed by atoms with Crippen LogP contribution in [0.1, 0.15) is 24.2 Å². The Hall–Kier alpha value is -1.68. The average molecular weight is 278 g/mol. The normalized spacial score (nSPS) is 12.6. The number of aromatic nitrogens is 2. The van der Waals surface area contributed by atoms with Gasteiger partial charge in [0.25, 0.3) is 5.91 Å². The molecule has 1 heterocycles. The molecule has 1 unspecified atom stereocenters. The molecule has 1 atom stereocenters. The van der Waals surface area contributed by atoms with E-state index in [1.165, 1.54) is 0 Å². The maximum atomic E-state index is 12.1. The standard InChI is InChI=1S/C14H16ClN3O/c1-9(2)13(8-15)18-14(19)10-3-4-11-12(7-10)17-6-5-16-11/h3-7,9,13H,8H2,1-2H3,(H,18,19). The highest BCUT2D eigenvalue weighted by Gasteiger charge is 2.16. The third kappa shape index (κ3) is 3.20. The minimum absolute atomic E-state index is 0.0354. The number of carbonyl (C=O) groups excluding carboxylic acids is 1. The van der Waals surface area contributed by atoms with Crippen molar-refractivity contribution in [1.29, 1.82) is 0 Å². The van der Waals surface area contributed by atoms with Crippen molar-refractivity contribution >= 4 is 28.5 Å². The lowest BCUT2D eigenvalue weighted by molar-refractivity contribution is 0.0931. The van der Waals surface area contributed by atoms with Gasteiger partial charge in [0.1, 0.15) is 0 Å². The van der Waals surface area contributed by atoms with Gasteiger partial charge in [0, 0.05) is 29.9 Å². The highest BCUT2D eigenvalue weighted by Crippen LogP contribution is 2.12. The lowest BCUT2D eigenvalue weighted by Crippen LogP contribution is -2.39. The summed E-state index contributed by atoms with van der Waals surface area (Å²) >= 11 is 5.85. The summed E-state index contributed by atoms with van der Waals surface area (Å²) in [5.74, 6) is 0.560. The van der Waals surface area contributed by atoms with Gasteiger partial charge in [-0.3, -0.25) is 14.8 Å². The maximum absolute atomic E-state index is 12.1. The molecule has 1 aromatic carbocycles. The molecule has 4 nitrogen and oxygen atoms in total. The van der Waals surface area contributed by atoms with Crippen LogP contribution in [0, 0.1) is 5.92 Å². The molecule has 1 amide bonds. The van der Waals surface area contributed by atoms with Crippen LogP contribution in [0.4, 0.5) is 0 Å². The van der Waals surface area contributed by atoms with Gasteiger partial charge in [0.2, 0.25) is 0 Å². The number of nitrogens with zero attached hydrogens (tertiary/aromatic N) is 2. The summed E-state index contributed by atoms with van der Waals surface area (Å²) in [6, 6.07) is 5.25. The number of hydrogen-bond donors (Lipinski definition) is 1. The molecule has 0 spiro atoms. The van der Waals surface area contributed by atoms with Crippen LogP contribution in [0.15, 0.2) is 30.6 Å². The molecule has 19 heavy (non-hydrogen) atoms. The van der Waals surface area contributed by atoms with Crippen LogP contribution in [0.25, 0.3) is 11.0 Å². The maximum Gasteiger partial charge on any atom is 0.251 e. The fraction of sp³-hybridized carbons (Fsp3) is 0.357. The molecule has 0 aliphatic heterocycles. The second kappa shape index (κ2) is 5.97. The van der Waals surface area contributed by atoms with Gasteiger partial charge < -0.3 is 5.32 Å². The van der Waals surface area contributed by atoms with Crippen LogP contribution in [-0.4, -0.2) is 27.8 Å². The van der Waals surface area contributed by atoms with E-state index in [0.29, 0.717) is 22.9 Å². The number of nitrogens with one attached hydrogen (secondary N) is 1. The predicted octanol–water partition coefficient (Wildman–Crippen LogP) is 2.62. The van der Waals surface area contributed by atoms with Crippen molar-refractivity contribution in [3.8, 4) is 0 Å². The first-order chi connectivity index (χ1) is 9.11. The summed E-state index contributed by atoms with van der Waals surface area (Å²) in [7, 11) is 0. The Balaban J connectivity index is 2.21. The van der Waals surface area contributed by atoms with Gasteiger partial charge in [-0.15, -0.1) is 11.6 Å². The number of carbonyl (C=O) groups is 1. The van der Waals surface area contributed by atoms with E-state index in [0.717, 1.165) is 5.52 Å². The zero-order valence-corrected chi connectivity index (χ0v) is 11.7. The van der Waals surface area contributed by atoms with E-state index in [1.54, 1.807) is 30.6 Å². The van der Waals surface area contributed by atoms with Crippen LogP contribution in [0.2, 0.25) is 0 Å². The number of hydrogen-bond acceptors (Lipinski definition) is 3. The van der Waals surface area contributed by atoms with Crippen molar-refractivity contribution in [2.45, 2.75) is 19.9 Å². The molecular weight excluding hydrogens is 262 g/mol. The van der Waals surface area contributed by atoms with Crippen LogP contribution in [0.3, 0.4) is 0 Å². The van der Waals surface area contributed by atoms with Crippen molar-refractivity contribution in [1.82, 2.24) is 15.3 Å². The molecule has 100 valence electrons. The number of alkyl halides is 1. The molecule has 0 radical (unpaired) electrons. The van der Waals surface area contributed by atoms with Gasteiger partial charge in [-0.2, -0.15) is 0 Å². The first kappa shape index (κ1) is 13.7. The van der Waals surface area contributed by atoms with E-state index in [2.05, 4.69) is 15.3 Å². The second-order valence-corrected chi connectivity index (χ2v) is 5.05. The molecule has 0 bridgehead atoms. The SMILES string of the molecule is CC(C)C(CCl)NC(=O)c1ccc2nccnc2c1. The molecule has 1 aromatic heterocycles. The van der Waals surface area contributed by atoms with Gasteiger partial charge in [-0.25, -0.2) is 0 Å². The van der Waals surface area contributed by atoms with Crippen LogP contribution < -0.4 is 5.32 Å². The van der Waals surface area contributed by atoms with Crippen molar-refractivity contribution in [2.24, 2.45) is 5.92 Å². The third-order valence-electron chi connectivity index (χ3n) is 3.02. The third-order valence-corrected chi connectivity index (χ3v) is 3.35. The van der Waals surface area contributed by atoms with Crippen LogP contribution in [-0.2, 0) is 0 Å². The van der Waals surface area contributed by atoms with E-state index in [1.807, 2.05) is 13.8 Å². The molecule has 2 aromatic rings. The molecule has 0 aliphatic carbocycles. The smallest absolute Gasteiger partial charge is 0.251 e. The van der Waals surface area contributed by atoms with Crippen LogP contribution >= 0.6 is 11.6 Å². The molecule has 0 fully saturated rings. The highest BCUT2D eigenvalue weighted by atomic mass is 35.5. The Morgan fingerprint density at radius 3 is 2.58 bits per heavy atom. The second-order valence-electron chi connectivity index (χ2n) is 4.74. The number of halogens is 1. The minimum atomic E-state index is -0.132. The summed E-state index contributed by atoms with van der Waals surface area (Å²) < 4.78 is 0. The zero-order chi connectivity index (χ0) is 13.8. The van der Waals surface area contributed by atoms with Gasteiger partial charge >= 0.3 is 0 Å². The van der Waals surface area contributed by atoms with E-state index in [-0.39, 0.29) is 11.9 Å². The first-order valence-electron chi connectivity index (χ1n) is 6.19. The largest absolute Gasteiger partial charge is 0.348 e. The summed E-state index contributed by atoms with van der Waals surface area (Å²) in [4.78, 5) is 20.5. The van der Waals surface area contributed by atoms with Crippen molar-refractivity contribution in [3.63, 3.8) is 0 Å². The zero-order valence-electron chi connectivity index (χ0n) is 10.9. The molecule has 2 rings (SSSR count). The highest BCUT2D eigenvalue weighted by molar-refractivity contribution is 6.18. The summed E-state index contributed by atoms with van der Waals surface area (Å²) in [5, 5.41) is 2.93.